The molecule has 1 unspecified atom stereocenters. The van der Waals surface area contributed by atoms with Gasteiger partial charge in [-0.3, -0.25) is 4.79 Å². The molecular formula is C24H20N2OS. The maximum Gasteiger partial charge on any atom is 0.242 e. The molecule has 1 amide bonds. The van der Waals surface area contributed by atoms with Crippen LogP contribution in [0.25, 0.3) is 10.8 Å². The van der Waals surface area contributed by atoms with Crippen LogP contribution in [0.5, 0.6) is 0 Å². The standard InChI is InChI=1S/C24H20N2OS/c25-20-11-6-12-22(16-20)28-23(18-8-2-1-3-9-18)24(27)26-21-14-13-17-7-4-5-10-19(17)15-21/h1-16,23H,25H2,(H,26,27). The number of nitrogens with one attached hydrogen (secondary N) is 1. The minimum Gasteiger partial charge on any atom is -0.399 e. The topological polar surface area (TPSA) is 55.1 Å². The molecule has 28 heavy (non-hydrogen) atoms. The van der Waals surface area contributed by atoms with Crippen LogP contribution in [0.2, 0.25) is 0 Å². The van der Waals surface area contributed by atoms with E-state index in [1.165, 1.54) is 11.8 Å². The minimum atomic E-state index is -0.380. The summed E-state index contributed by atoms with van der Waals surface area (Å²) in [6.45, 7) is 0. The normalized spacial score (nSPS) is 11.9. The van der Waals surface area contributed by atoms with E-state index in [0.29, 0.717) is 5.69 Å². The van der Waals surface area contributed by atoms with Crippen molar-refractivity contribution in [2.24, 2.45) is 0 Å². The summed E-state index contributed by atoms with van der Waals surface area (Å²) in [6.07, 6.45) is 0. The molecule has 4 rings (SSSR count). The van der Waals surface area contributed by atoms with Gasteiger partial charge in [0.1, 0.15) is 5.25 Å². The molecule has 0 radical (unpaired) electrons. The molecule has 0 aliphatic heterocycles. The maximum absolute atomic E-state index is 13.2. The second-order valence-electron chi connectivity index (χ2n) is 6.53. The molecule has 0 aromatic heterocycles. The molecule has 4 heteroatoms. The summed E-state index contributed by atoms with van der Waals surface area (Å²) in [7, 11) is 0. The van der Waals surface area contributed by atoms with Gasteiger partial charge in [-0.1, -0.05) is 66.7 Å². The lowest BCUT2D eigenvalue weighted by atomic mass is 10.1. The minimum absolute atomic E-state index is 0.0612. The second-order valence-corrected chi connectivity index (χ2v) is 7.71. The molecule has 3 nitrogen and oxygen atoms in total. The van der Waals surface area contributed by atoms with Crippen molar-refractivity contribution in [3.63, 3.8) is 0 Å². The SMILES string of the molecule is Nc1cccc(SC(C(=O)Nc2ccc3ccccc3c2)c2ccccc2)c1. The Morgan fingerprint density at radius 3 is 2.32 bits per heavy atom. The van der Waals surface area contributed by atoms with E-state index >= 15 is 0 Å². The maximum atomic E-state index is 13.2. The number of carbonyl (C=O) groups is 1. The van der Waals surface area contributed by atoms with Crippen LogP contribution in [-0.2, 0) is 4.79 Å². The van der Waals surface area contributed by atoms with Gasteiger partial charge in [0.2, 0.25) is 5.91 Å². The third kappa shape index (κ3) is 4.18. The highest BCUT2D eigenvalue weighted by molar-refractivity contribution is 8.00. The first-order valence-electron chi connectivity index (χ1n) is 9.06. The smallest absolute Gasteiger partial charge is 0.242 e. The molecule has 0 aliphatic carbocycles. The van der Waals surface area contributed by atoms with Gasteiger partial charge in [0.15, 0.2) is 0 Å². The van der Waals surface area contributed by atoms with E-state index in [9.17, 15) is 4.79 Å². The number of hydrogen-bond donors (Lipinski definition) is 2. The molecule has 1 atom stereocenters. The van der Waals surface area contributed by atoms with Crippen molar-refractivity contribution in [3.05, 3.63) is 103 Å². The van der Waals surface area contributed by atoms with E-state index in [-0.39, 0.29) is 11.2 Å². The van der Waals surface area contributed by atoms with E-state index < -0.39 is 0 Å². The van der Waals surface area contributed by atoms with Crippen LogP contribution >= 0.6 is 11.8 Å². The Kier molecular flexibility index (Phi) is 5.31. The summed E-state index contributed by atoms with van der Waals surface area (Å²) in [5.74, 6) is -0.0612. The van der Waals surface area contributed by atoms with Crippen LogP contribution in [-0.4, -0.2) is 5.91 Å². The molecule has 0 bridgehead atoms. The van der Waals surface area contributed by atoms with Crippen molar-refractivity contribution in [3.8, 4) is 0 Å². The molecule has 0 fully saturated rings. The van der Waals surface area contributed by atoms with E-state index in [1.807, 2.05) is 91.0 Å². The summed E-state index contributed by atoms with van der Waals surface area (Å²) in [5, 5.41) is 4.94. The quantitative estimate of drug-likeness (QED) is 0.333. The number of hydrogen-bond acceptors (Lipinski definition) is 3. The summed E-state index contributed by atoms with van der Waals surface area (Å²) >= 11 is 1.49. The van der Waals surface area contributed by atoms with Gasteiger partial charge in [-0.25, -0.2) is 0 Å². The molecule has 0 aliphatic rings. The Morgan fingerprint density at radius 2 is 1.54 bits per heavy atom. The molecule has 4 aromatic carbocycles. The van der Waals surface area contributed by atoms with Crippen molar-refractivity contribution in [1.82, 2.24) is 0 Å². The van der Waals surface area contributed by atoms with Crippen LogP contribution < -0.4 is 11.1 Å². The molecule has 0 heterocycles. The highest BCUT2D eigenvalue weighted by Crippen LogP contribution is 2.37. The number of rotatable bonds is 5. The number of amides is 1. The zero-order chi connectivity index (χ0) is 19.3. The molecule has 0 spiro atoms. The monoisotopic (exact) mass is 384 g/mol. The van der Waals surface area contributed by atoms with Gasteiger partial charge in [-0.15, -0.1) is 11.8 Å². The van der Waals surface area contributed by atoms with E-state index in [1.54, 1.807) is 0 Å². The molecular weight excluding hydrogens is 364 g/mol. The first-order chi connectivity index (χ1) is 13.7. The van der Waals surface area contributed by atoms with Crippen molar-refractivity contribution in [1.29, 1.82) is 0 Å². The van der Waals surface area contributed by atoms with Gasteiger partial charge < -0.3 is 11.1 Å². The lowest BCUT2D eigenvalue weighted by molar-refractivity contribution is -0.115. The van der Waals surface area contributed by atoms with Gasteiger partial charge in [0.25, 0.3) is 0 Å². The fourth-order valence-corrected chi connectivity index (χ4v) is 4.19. The number of anilines is 2. The summed E-state index contributed by atoms with van der Waals surface area (Å²) in [4.78, 5) is 14.1. The number of fused-ring (bicyclic) bond motifs is 1. The average molecular weight is 385 g/mol. The molecule has 138 valence electrons. The molecule has 0 saturated heterocycles. The van der Waals surface area contributed by atoms with Gasteiger partial charge in [0.05, 0.1) is 0 Å². The number of nitrogens with two attached hydrogens (primary N) is 1. The highest BCUT2D eigenvalue weighted by atomic mass is 32.2. The third-order valence-corrected chi connectivity index (χ3v) is 5.72. The largest absolute Gasteiger partial charge is 0.399 e. The first-order valence-corrected chi connectivity index (χ1v) is 9.94. The van der Waals surface area contributed by atoms with Gasteiger partial charge >= 0.3 is 0 Å². The highest BCUT2D eigenvalue weighted by Gasteiger charge is 2.22. The van der Waals surface area contributed by atoms with Crippen LogP contribution in [0.1, 0.15) is 10.8 Å². The van der Waals surface area contributed by atoms with Crippen molar-refractivity contribution in [2.75, 3.05) is 11.1 Å². The van der Waals surface area contributed by atoms with Crippen molar-refractivity contribution in [2.45, 2.75) is 10.1 Å². The second kappa shape index (κ2) is 8.19. The Morgan fingerprint density at radius 1 is 0.786 bits per heavy atom. The summed E-state index contributed by atoms with van der Waals surface area (Å²) < 4.78 is 0. The number of thioether (sulfide) groups is 1. The predicted octanol–water partition coefficient (Wildman–Crippen LogP) is 5.89. The lowest BCUT2D eigenvalue weighted by Gasteiger charge is -2.17. The summed E-state index contributed by atoms with van der Waals surface area (Å²) in [5.41, 5.74) is 8.34. The van der Waals surface area contributed by atoms with E-state index in [4.69, 9.17) is 5.73 Å². The van der Waals surface area contributed by atoms with Gasteiger partial charge in [-0.2, -0.15) is 0 Å². The van der Waals surface area contributed by atoms with Crippen molar-refractivity contribution >= 4 is 39.8 Å². The molecule has 3 N–H and O–H groups in total. The Hall–Kier alpha value is -3.24. The van der Waals surface area contributed by atoms with E-state index in [0.717, 1.165) is 26.9 Å². The number of benzene rings is 4. The van der Waals surface area contributed by atoms with Crippen LogP contribution in [0, 0.1) is 0 Å². The van der Waals surface area contributed by atoms with Gasteiger partial charge in [-0.05, 0) is 46.7 Å². The van der Waals surface area contributed by atoms with E-state index in [2.05, 4.69) is 11.4 Å². The number of nitrogen functional groups attached to an aromatic ring is 1. The van der Waals surface area contributed by atoms with Crippen LogP contribution in [0.15, 0.2) is 102 Å². The van der Waals surface area contributed by atoms with Gasteiger partial charge in [0, 0.05) is 16.3 Å². The Bertz CT molecular complexity index is 1110. The predicted molar refractivity (Wildman–Crippen MR) is 118 cm³/mol. The Labute approximate surface area is 168 Å². The zero-order valence-electron chi connectivity index (χ0n) is 15.2. The molecule has 0 saturated carbocycles. The third-order valence-electron chi connectivity index (χ3n) is 4.47. The average Bonchev–Trinajstić information content (AvgIpc) is 2.72. The Balaban J connectivity index is 1.62. The fraction of sp³-hybridized carbons (Fsp3) is 0.0417. The van der Waals surface area contributed by atoms with Crippen LogP contribution in [0.4, 0.5) is 11.4 Å². The van der Waals surface area contributed by atoms with Crippen molar-refractivity contribution < 1.29 is 4.79 Å². The summed E-state index contributed by atoms with van der Waals surface area (Å²) in [6, 6.07) is 31.5. The van der Waals surface area contributed by atoms with Crippen LogP contribution in [0.3, 0.4) is 0 Å². The zero-order valence-corrected chi connectivity index (χ0v) is 16.0. The fourth-order valence-electron chi connectivity index (χ4n) is 3.10. The number of carbonyl (C=O) groups excluding carboxylic acids is 1. The first kappa shape index (κ1) is 18.1. The molecule has 4 aromatic rings. The lowest BCUT2D eigenvalue weighted by Crippen LogP contribution is -2.19.